The molecular weight excluding hydrogens is 477 g/mol. The van der Waals surface area contributed by atoms with Crippen LogP contribution in [0.3, 0.4) is 0 Å². The first kappa shape index (κ1) is 23.9. The maximum absolute atomic E-state index is 13.5. The highest BCUT2D eigenvalue weighted by molar-refractivity contribution is 7.99. The number of nitrogens with zero attached hydrogens (tertiary/aromatic N) is 5. The van der Waals surface area contributed by atoms with Crippen LogP contribution in [0.4, 0.5) is 18.9 Å². The number of anilines is 1. The number of H-pyrrole nitrogens is 1. The number of halogens is 3. The van der Waals surface area contributed by atoms with E-state index in [0.717, 1.165) is 48.9 Å². The summed E-state index contributed by atoms with van der Waals surface area (Å²) < 4.78 is 42.5. The first-order valence-corrected chi connectivity index (χ1v) is 12.7. The van der Waals surface area contributed by atoms with E-state index in [9.17, 15) is 18.0 Å². The second kappa shape index (κ2) is 9.69. The molecule has 35 heavy (non-hydrogen) atoms. The number of aromatic nitrogens is 4. The monoisotopic (exact) mass is 504 g/mol. The maximum atomic E-state index is 13.5. The van der Waals surface area contributed by atoms with Crippen molar-refractivity contribution >= 4 is 17.4 Å². The lowest BCUT2D eigenvalue weighted by atomic mass is 10.0. The van der Waals surface area contributed by atoms with E-state index in [4.69, 9.17) is 0 Å². The van der Waals surface area contributed by atoms with Gasteiger partial charge in [0, 0.05) is 62.0 Å². The molecule has 0 amide bonds. The molecule has 7 nitrogen and oxygen atoms in total. The summed E-state index contributed by atoms with van der Waals surface area (Å²) in [5.74, 6) is 1.96. The first-order chi connectivity index (χ1) is 16.8. The molecule has 11 heteroatoms. The fourth-order valence-corrected chi connectivity index (χ4v) is 6.02. The Morgan fingerprint density at radius 3 is 2.74 bits per heavy atom. The average molecular weight is 505 g/mol. The summed E-state index contributed by atoms with van der Waals surface area (Å²) in [6, 6.07) is 9.25. The minimum absolute atomic E-state index is 0.129. The van der Waals surface area contributed by atoms with Crippen molar-refractivity contribution in [3.8, 4) is 11.4 Å². The Labute approximate surface area is 205 Å². The Morgan fingerprint density at radius 1 is 1.14 bits per heavy atom. The van der Waals surface area contributed by atoms with Crippen molar-refractivity contribution in [3.63, 3.8) is 0 Å². The summed E-state index contributed by atoms with van der Waals surface area (Å²) in [6.45, 7) is 3.30. The molecule has 1 N–H and O–H groups in total. The van der Waals surface area contributed by atoms with Gasteiger partial charge in [0.15, 0.2) is 11.0 Å². The lowest BCUT2D eigenvalue weighted by molar-refractivity contribution is -0.137. The van der Waals surface area contributed by atoms with Gasteiger partial charge in [0.2, 0.25) is 5.56 Å². The number of pyridine rings is 1. The summed E-state index contributed by atoms with van der Waals surface area (Å²) in [6.07, 6.45) is -0.845. The Bertz CT molecular complexity index is 1220. The SMILES string of the molecule is Cn1c(SCCCN2C[C@H]3CCN(c4ccccc4C(F)(F)F)[C@H]3C2)nnc1-c1ccc(=O)[nH]c1. The van der Waals surface area contributed by atoms with Gasteiger partial charge in [-0.05, 0) is 43.5 Å². The van der Waals surface area contributed by atoms with E-state index in [1.807, 2.05) is 16.5 Å². The van der Waals surface area contributed by atoms with Crippen molar-refractivity contribution in [1.82, 2.24) is 24.6 Å². The number of nitrogens with one attached hydrogen (secondary N) is 1. The van der Waals surface area contributed by atoms with Crippen LogP contribution in [-0.4, -0.2) is 62.6 Å². The van der Waals surface area contributed by atoms with Gasteiger partial charge in [0.05, 0.1) is 5.56 Å². The van der Waals surface area contributed by atoms with Gasteiger partial charge < -0.3 is 19.4 Å². The second-order valence-electron chi connectivity index (χ2n) is 9.09. The molecule has 0 bridgehead atoms. The Morgan fingerprint density at radius 2 is 1.97 bits per heavy atom. The minimum atomic E-state index is -4.35. The highest BCUT2D eigenvalue weighted by atomic mass is 32.2. The zero-order chi connectivity index (χ0) is 24.6. The topological polar surface area (TPSA) is 70.0 Å². The molecule has 2 aliphatic heterocycles. The molecule has 1 aromatic carbocycles. The molecule has 186 valence electrons. The van der Waals surface area contributed by atoms with Crippen molar-refractivity contribution in [2.45, 2.75) is 30.2 Å². The van der Waals surface area contributed by atoms with Gasteiger partial charge in [-0.25, -0.2) is 0 Å². The molecule has 2 saturated heterocycles. The lowest BCUT2D eigenvalue weighted by Crippen LogP contribution is -2.36. The molecule has 2 atom stereocenters. The number of benzene rings is 1. The predicted octanol–water partition coefficient (Wildman–Crippen LogP) is 3.88. The molecule has 2 fully saturated rings. The number of hydrogen-bond acceptors (Lipinski definition) is 6. The molecule has 3 aromatic rings. The number of fused-ring (bicyclic) bond motifs is 1. The van der Waals surface area contributed by atoms with Crippen molar-refractivity contribution in [2.24, 2.45) is 13.0 Å². The number of aromatic amines is 1. The van der Waals surface area contributed by atoms with Gasteiger partial charge >= 0.3 is 6.18 Å². The molecule has 0 aliphatic carbocycles. The van der Waals surface area contributed by atoms with Gasteiger partial charge in [-0.2, -0.15) is 13.2 Å². The van der Waals surface area contributed by atoms with Crippen LogP contribution >= 0.6 is 11.8 Å². The third-order valence-corrected chi connectivity index (χ3v) is 7.98. The van der Waals surface area contributed by atoms with Crippen LogP contribution in [0.5, 0.6) is 0 Å². The van der Waals surface area contributed by atoms with Crippen LogP contribution < -0.4 is 10.5 Å². The van der Waals surface area contributed by atoms with Crippen LogP contribution in [-0.2, 0) is 13.2 Å². The highest BCUT2D eigenvalue weighted by Gasteiger charge is 2.44. The van der Waals surface area contributed by atoms with Crippen LogP contribution in [0.15, 0.2) is 52.5 Å². The van der Waals surface area contributed by atoms with Crippen LogP contribution in [0.1, 0.15) is 18.4 Å². The summed E-state index contributed by atoms with van der Waals surface area (Å²) in [4.78, 5) is 18.3. The van der Waals surface area contributed by atoms with E-state index in [1.54, 1.807) is 36.2 Å². The number of hydrogen-bond donors (Lipinski definition) is 1. The number of thioether (sulfide) groups is 1. The second-order valence-corrected chi connectivity index (χ2v) is 10.2. The third-order valence-electron chi connectivity index (χ3n) is 6.87. The Balaban J connectivity index is 1.15. The van der Waals surface area contributed by atoms with E-state index in [0.29, 0.717) is 24.0 Å². The normalized spacial score (nSPS) is 20.5. The fourth-order valence-electron chi connectivity index (χ4n) is 5.19. The molecule has 0 spiro atoms. The fraction of sp³-hybridized carbons (Fsp3) is 0.458. The summed E-state index contributed by atoms with van der Waals surface area (Å²) in [7, 11) is 1.90. The quantitative estimate of drug-likeness (QED) is 0.389. The molecule has 4 heterocycles. The molecule has 2 aliphatic rings. The Kier molecular flexibility index (Phi) is 6.63. The molecule has 0 unspecified atom stereocenters. The Hall–Kier alpha value is -2.79. The molecule has 0 saturated carbocycles. The number of para-hydroxylation sites is 1. The maximum Gasteiger partial charge on any atom is 0.418 e. The number of alkyl halides is 3. The van der Waals surface area contributed by atoms with E-state index < -0.39 is 11.7 Å². The van der Waals surface area contributed by atoms with E-state index >= 15 is 0 Å². The van der Waals surface area contributed by atoms with Gasteiger partial charge in [0.1, 0.15) is 0 Å². The smallest absolute Gasteiger partial charge is 0.366 e. The zero-order valence-corrected chi connectivity index (χ0v) is 20.1. The summed E-state index contributed by atoms with van der Waals surface area (Å²) in [5.41, 5.74) is 0.404. The van der Waals surface area contributed by atoms with E-state index in [2.05, 4.69) is 20.1 Å². The van der Waals surface area contributed by atoms with Crippen molar-refractivity contribution in [1.29, 1.82) is 0 Å². The summed E-state index contributed by atoms with van der Waals surface area (Å²) in [5, 5.41) is 9.32. The lowest BCUT2D eigenvalue weighted by Gasteiger charge is -2.29. The largest absolute Gasteiger partial charge is 0.418 e. The van der Waals surface area contributed by atoms with Gasteiger partial charge in [0.25, 0.3) is 0 Å². The predicted molar refractivity (Wildman–Crippen MR) is 130 cm³/mol. The number of likely N-dealkylation sites (tertiary alicyclic amines) is 1. The summed E-state index contributed by atoms with van der Waals surface area (Å²) >= 11 is 1.63. The van der Waals surface area contributed by atoms with E-state index in [-0.39, 0.29) is 11.6 Å². The number of rotatable bonds is 7. The standard InChI is InChI=1S/C24H27F3N6OS/c1-31-22(16-7-8-21(34)28-13-16)29-30-23(31)35-12-4-10-32-14-17-9-11-33(20(17)15-32)19-6-3-2-5-18(19)24(25,26)27/h2-3,5-8,13,17,20H,4,9-12,14-15H2,1H3,(H,28,34)/t17-,20+/m1/s1. The van der Waals surface area contributed by atoms with Crippen molar-refractivity contribution in [3.05, 3.63) is 58.5 Å². The van der Waals surface area contributed by atoms with Gasteiger partial charge in [-0.3, -0.25) is 4.79 Å². The first-order valence-electron chi connectivity index (χ1n) is 11.7. The van der Waals surface area contributed by atoms with Crippen LogP contribution in [0.2, 0.25) is 0 Å². The van der Waals surface area contributed by atoms with Gasteiger partial charge in [-0.15, -0.1) is 10.2 Å². The van der Waals surface area contributed by atoms with Gasteiger partial charge in [-0.1, -0.05) is 23.9 Å². The third kappa shape index (κ3) is 4.97. The average Bonchev–Trinajstić information content (AvgIpc) is 3.51. The highest BCUT2D eigenvalue weighted by Crippen LogP contribution is 2.41. The zero-order valence-electron chi connectivity index (χ0n) is 19.3. The van der Waals surface area contributed by atoms with Crippen LogP contribution in [0.25, 0.3) is 11.4 Å². The van der Waals surface area contributed by atoms with Crippen LogP contribution in [0, 0.1) is 5.92 Å². The molecule has 0 radical (unpaired) electrons. The van der Waals surface area contributed by atoms with Crippen molar-refractivity contribution < 1.29 is 13.2 Å². The minimum Gasteiger partial charge on any atom is -0.366 e. The molecule has 5 rings (SSSR count). The molecular formula is C24H27F3N6OS. The van der Waals surface area contributed by atoms with E-state index in [1.165, 1.54) is 18.2 Å². The van der Waals surface area contributed by atoms with Crippen molar-refractivity contribution in [2.75, 3.05) is 36.8 Å². The molecule has 2 aromatic heterocycles.